The molecule has 0 aliphatic rings. The van der Waals surface area contributed by atoms with Gasteiger partial charge in [0, 0.05) is 0 Å². The zero-order chi connectivity index (χ0) is 38.5. The van der Waals surface area contributed by atoms with E-state index in [1.54, 1.807) is 6.92 Å². The standard InChI is InChI=1S/C44H54F4O6/c1-3-50-38-26-27-40(44(48)43(38)47)54-31-11-15-34-18-22-36(23-19-34)52-29-9-5-7-13-32(2)12-6-4-8-28-51-35-20-16-33(17-21-35)14-10-30-53-39-25-24-37(49)41(45)42(39)46/h16-27,32,49H,3-15,28-31H2,1-2H3. The third kappa shape index (κ3) is 14.3. The molecule has 0 amide bonds. The molecule has 4 rings (SSSR count). The van der Waals surface area contributed by atoms with Crippen molar-refractivity contribution in [1.82, 2.24) is 0 Å². The highest BCUT2D eigenvalue weighted by Crippen LogP contribution is 2.29. The molecule has 4 aromatic carbocycles. The maximum Gasteiger partial charge on any atom is 0.204 e. The van der Waals surface area contributed by atoms with E-state index in [1.165, 1.54) is 43.9 Å². The number of hydrogen-bond acceptors (Lipinski definition) is 6. The van der Waals surface area contributed by atoms with Crippen LogP contribution in [-0.2, 0) is 12.8 Å². The summed E-state index contributed by atoms with van der Waals surface area (Å²) >= 11 is 0. The third-order valence-electron chi connectivity index (χ3n) is 9.14. The van der Waals surface area contributed by atoms with Gasteiger partial charge in [-0.2, -0.15) is 17.6 Å². The van der Waals surface area contributed by atoms with Gasteiger partial charge < -0.3 is 28.8 Å². The molecule has 6 nitrogen and oxygen atoms in total. The molecule has 10 heteroatoms. The van der Waals surface area contributed by atoms with Gasteiger partial charge in [-0.15, -0.1) is 0 Å². The monoisotopic (exact) mass is 754 g/mol. The molecule has 1 atom stereocenters. The highest BCUT2D eigenvalue weighted by molar-refractivity contribution is 5.35. The Kier molecular flexibility index (Phi) is 18.1. The van der Waals surface area contributed by atoms with E-state index in [0.717, 1.165) is 67.2 Å². The van der Waals surface area contributed by atoms with Gasteiger partial charge in [0.25, 0.3) is 0 Å². The molecule has 0 radical (unpaired) electrons. The Morgan fingerprint density at radius 2 is 0.870 bits per heavy atom. The molecular weight excluding hydrogens is 700 g/mol. The van der Waals surface area contributed by atoms with Crippen LogP contribution >= 0.6 is 0 Å². The molecule has 0 saturated carbocycles. The van der Waals surface area contributed by atoms with Crippen molar-refractivity contribution < 1.29 is 46.4 Å². The molecule has 0 saturated heterocycles. The number of aryl methyl sites for hydroxylation is 2. The minimum absolute atomic E-state index is 0.109. The van der Waals surface area contributed by atoms with Gasteiger partial charge in [-0.1, -0.05) is 69.7 Å². The third-order valence-corrected chi connectivity index (χ3v) is 9.14. The molecule has 294 valence electrons. The summed E-state index contributed by atoms with van der Waals surface area (Å²) in [4.78, 5) is 0. The number of benzene rings is 4. The molecule has 0 heterocycles. The SMILES string of the molecule is CCOc1ccc(OCCCc2ccc(OCCCCCC(C)CCCCCOc3ccc(CCCOc4ccc(O)c(F)c4F)cc3)cc2)c(F)c1F. The van der Waals surface area contributed by atoms with Gasteiger partial charge in [-0.3, -0.25) is 0 Å². The summed E-state index contributed by atoms with van der Waals surface area (Å²) in [6, 6.07) is 21.0. The minimum Gasteiger partial charge on any atom is -0.505 e. The first-order valence-electron chi connectivity index (χ1n) is 19.2. The van der Waals surface area contributed by atoms with Crippen LogP contribution in [0, 0.1) is 29.2 Å². The van der Waals surface area contributed by atoms with Gasteiger partial charge in [0.1, 0.15) is 11.5 Å². The number of unbranched alkanes of at least 4 members (excludes halogenated alkanes) is 4. The van der Waals surface area contributed by atoms with Gasteiger partial charge in [0.05, 0.1) is 33.0 Å². The van der Waals surface area contributed by atoms with Crippen molar-refractivity contribution >= 4 is 0 Å². The average Bonchev–Trinajstić information content (AvgIpc) is 3.18. The lowest BCUT2D eigenvalue weighted by molar-refractivity contribution is 0.278. The second-order valence-electron chi connectivity index (χ2n) is 13.5. The summed E-state index contributed by atoms with van der Waals surface area (Å²) in [5, 5.41) is 9.20. The van der Waals surface area contributed by atoms with Crippen molar-refractivity contribution in [3.8, 4) is 34.5 Å². The molecule has 0 aliphatic carbocycles. The predicted molar refractivity (Wildman–Crippen MR) is 203 cm³/mol. The van der Waals surface area contributed by atoms with Crippen molar-refractivity contribution in [2.45, 2.75) is 90.9 Å². The van der Waals surface area contributed by atoms with Crippen LogP contribution in [0.2, 0.25) is 0 Å². The lowest BCUT2D eigenvalue weighted by Gasteiger charge is -2.12. The van der Waals surface area contributed by atoms with E-state index in [-0.39, 0.29) is 37.1 Å². The summed E-state index contributed by atoms with van der Waals surface area (Å²) in [5.74, 6) is -3.31. The molecule has 1 N–H and O–H groups in total. The molecule has 54 heavy (non-hydrogen) atoms. The van der Waals surface area contributed by atoms with Crippen LogP contribution in [-0.4, -0.2) is 38.1 Å². The van der Waals surface area contributed by atoms with Crippen LogP contribution in [0.25, 0.3) is 0 Å². The van der Waals surface area contributed by atoms with E-state index >= 15 is 0 Å². The Labute approximate surface area is 317 Å². The Morgan fingerprint density at radius 1 is 0.463 bits per heavy atom. The lowest BCUT2D eigenvalue weighted by Crippen LogP contribution is -2.04. The zero-order valence-electron chi connectivity index (χ0n) is 31.5. The fourth-order valence-electron chi connectivity index (χ4n) is 6.01. The number of phenolic OH excluding ortho intramolecular Hbond substituents is 1. The molecule has 0 spiro atoms. The van der Waals surface area contributed by atoms with Crippen molar-refractivity contribution in [3.63, 3.8) is 0 Å². The average molecular weight is 755 g/mol. The van der Waals surface area contributed by atoms with E-state index in [4.69, 9.17) is 23.7 Å². The van der Waals surface area contributed by atoms with Crippen LogP contribution in [0.3, 0.4) is 0 Å². The minimum atomic E-state index is -1.30. The topological polar surface area (TPSA) is 66.4 Å². The zero-order valence-corrected chi connectivity index (χ0v) is 31.5. The molecule has 0 aromatic heterocycles. The molecule has 0 bridgehead atoms. The normalized spacial score (nSPS) is 11.7. The second kappa shape index (κ2) is 23.2. The van der Waals surface area contributed by atoms with E-state index in [1.807, 2.05) is 48.5 Å². The molecule has 1 unspecified atom stereocenters. The number of phenols is 1. The van der Waals surface area contributed by atoms with Gasteiger partial charge in [-0.05, 0) is 111 Å². The van der Waals surface area contributed by atoms with Crippen molar-refractivity contribution in [2.75, 3.05) is 33.0 Å². The van der Waals surface area contributed by atoms with E-state index in [0.29, 0.717) is 32.0 Å². The number of ether oxygens (including phenoxy) is 5. The van der Waals surface area contributed by atoms with E-state index in [2.05, 4.69) is 6.92 Å². The van der Waals surface area contributed by atoms with Crippen molar-refractivity contribution in [1.29, 1.82) is 0 Å². The van der Waals surface area contributed by atoms with Crippen molar-refractivity contribution in [3.05, 3.63) is 107 Å². The Hall–Kier alpha value is -4.60. The molecule has 0 aliphatic heterocycles. The number of rotatable bonds is 26. The first kappa shape index (κ1) is 42.1. The quantitative estimate of drug-likeness (QED) is 0.0509. The Morgan fingerprint density at radius 3 is 1.33 bits per heavy atom. The van der Waals surface area contributed by atoms with Crippen LogP contribution < -0.4 is 23.7 Å². The van der Waals surface area contributed by atoms with Gasteiger partial charge in [0.2, 0.25) is 23.3 Å². The van der Waals surface area contributed by atoms with Crippen LogP contribution in [0.15, 0.2) is 72.8 Å². The fraction of sp³-hybridized carbons (Fsp3) is 0.455. The molecule has 4 aromatic rings. The van der Waals surface area contributed by atoms with Gasteiger partial charge >= 0.3 is 0 Å². The summed E-state index contributed by atoms with van der Waals surface area (Å²) in [6.07, 6.45) is 11.9. The molecular formula is C44H54F4O6. The highest BCUT2D eigenvalue weighted by atomic mass is 19.2. The number of aromatic hydroxyl groups is 1. The second-order valence-corrected chi connectivity index (χ2v) is 13.5. The Bertz CT molecular complexity index is 1670. The largest absolute Gasteiger partial charge is 0.505 e. The summed E-state index contributed by atoms with van der Waals surface area (Å²) in [6.45, 7) is 6.19. The first-order chi connectivity index (χ1) is 26.2. The van der Waals surface area contributed by atoms with Gasteiger partial charge in [-0.25, -0.2) is 0 Å². The lowest BCUT2D eigenvalue weighted by atomic mass is 9.97. The van der Waals surface area contributed by atoms with Crippen LogP contribution in [0.5, 0.6) is 34.5 Å². The van der Waals surface area contributed by atoms with Gasteiger partial charge in [0.15, 0.2) is 23.0 Å². The van der Waals surface area contributed by atoms with Crippen molar-refractivity contribution in [2.24, 2.45) is 5.92 Å². The Balaban J connectivity index is 0.950. The smallest absolute Gasteiger partial charge is 0.204 e. The van der Waals surface area contributed by atoms with E-state index in [9.17, 15) is 22.7 Å². The maximum atomic E-state index is 14.2. The maximum absolute atomic E-state index is 14.2. The first-order valence-corrected chi connectivity index (χ1v) is 19.2. The number of hydrogen-bond donors (Lipinski definition) is 1. The summed E-state index contributed by atoms with van der Waals surface area (Å²) < 4.78 is 83.1. The molecule has 0 fully saturated rings. The highest BCUT2D eigenvalue weighted by Gasteiger charge is 2.16. The predicted octanol–water partition coefficient (Wildman–Crippen LogP) is 11.6. The fourth-order valence-corrected chi connectivity index (χ4v) is 6.01. The van der Waals surface area contributed by atoms with Crippen LogP contribution in [0.1, 0.15) is 89.2 Å². The van der Waals surface area contributed by atoms with E-state index < -0.39 is 29.0 Å². The number of halogens is 4. The summed E-state index contributed by atoms with van der Waals surface area (Å²) in [7, 11) is 0. The van der Waals surface area contributed by atoms with Crippen LogP contribution in [0.4, 0.5) is 17.6 Å². The summed E-state index contributed by atoms with van der Waals surface area (Å²) in [5.41, 5.74) is 2.23.